The van der Waals surface area contributed by atoms with E-state index in [4.69, 9.17) is 11.6 Å². The second-order valence-electron chi connectivity index (χ2n) is 5.54. The Morgan fingerprint density at radius 3 is 2.21 bits per heavy atom. The zero-order chi connectivity index (χ0) is 17.9. The third-order valence-electron chi connectivity index (χ3n) is 3.55. The summed E-state index contributed by atoms with van der Waals surface area (Å²) in [6.45, 7) is 3.41. The van der Waals surface area contributed by atoms with Crippen LogP contribution in [0.4, 0.5) is 11.4 Å². The average molecular weight is 367 g/mol. The summed E-state index contributed by atoms with van der Waals surface area (Å²) in [5.41, 5.74) is 2.78. The van der Waals surface area contributed by atoms with Crippen molar-refractivity contribution < 1.29 is 13.2 Å². The molecule has 0 fully saturated rings. The van der Waals surface area contributed by atoms with Crippen molar-refractivity contribution >= 4 is 38.9 Å². The van der Waals surface area contributed by atoms with E-state index in [1.54, 1.807) is 24.3 Å². The molecule has 5 nitrogen and oxygen atoms in total. The van der Waals surface area contributed by atoms with Crippen LogP contribution in [0.25, 0.3) is 0 Å². The summed E-state index contributed by atoms with van der Waals surface area (Å²) in [4.78, 5) is 12.4. The molecule has 0 aliphatic heterocycles. The summed E-state index contributed by atoms with van der Waals surface area (Å²) in [6.07, 6.45) is 1.04. The van der Waals surface area contributed by atoms with Gasteiger partial charge in [0.15, 0.2) is 0 Å². The van der Waals surface area contributed by atoms with Crippen LogP contribution in [-0.2, 0) is 14.8 Å². The van der Waals surface area contributed by atoms with Gasteiger partial charge in [0.2, 0.25) is 15.9 Å². The zero-order valence-corrected chi connectivity index (χ0v) is 15.3. The summed E-state index contributed by atoms with van der Waals surface area (Å²) >= 11 is 6.08. The van der Waals surface area contributed by atoms with Gasteiger partial charge in [0.05, 0.1) is 17.0 Å². The van der Waals surface area contributed by atoms with Gasteiger partial charge in [-0.2, -0.15) is 0 Å². The van der Waals surface area contributed by atoms with Crippen molar-refractivity contribution in [2.24, 2.45) is 0 Å². The minimum absolute atomic E-state index is 0.266. The molecule has 0 bridgehead atoms. The number of sulfonamides is 1. The van der Waals surface area contributed by atoms with E-state index in [1.165, 1.54) is 0 Å². The molecule has 24 heavy (non-hydrogen) atoms. The van der Waals surface area contributed by atoms with Crippen LogP contribution in [0.3, 0.4) is 0 Å². The van der Waals surface area contributed by atoms with Crippen LogP contribution in [0.15, 0.2) is 42.5 Å². The van der Waals surface area contributed by atoms with Gasteiger partial charge in [-0.3, -0.25) is 9.10 Å². The van der Waals surface area contributed by atoms with Gasteiger partial charge in [0, 0.05) is 5.69 Å². The van der Waals surface area contributed by atoms with Crippen LogP contribution in [0.1, 0.15) is 11.1 Å². The normalized spacial score (nSPS) is 11.2. The number of halogens is 1. The SMILES string of the molecule is Cc1cccc(C)c1NC(=O)CN(c1ccccc1Cl)S(C)(=O)=O. The molecule has 128 valence electrons. The molecule has 1 N–H and O–H groups in total. The summed E-state index contributed by atoms with van der Waals surface area (Å²) in [5, 5.41) is 3.05. The Hall–Kier alpha value is -2.05. The van der Waals surface area contributed by atoms with Crippen LogP contribution in [0.2, 0.25) is 5.02 Å². The van der Waals surface area contributed by atoms with Gasteiger partial charge in [-0.1, -0.05) is 41.9 Å². The molecule has 0 radical (unpaired) electrons. The molecule has 0 spiro atoms. The number of nitrogens with zero attached hydrogens (tertiary/aromatic N) is 1. The van der Waals surface area contributed by atoms with Crippen LogP contribution < -0.4 is 9.62 Å². The summed E-state index contributed by atoms with van der Waals surface area (Å²) in [6, 6.07) is 12.2. The van der Waals surface area contributed by atoms with Crippen molar-refractivity contribution in [3.05, 3.63) is 58.6 Å². The Bertz CT molecular complexity index is 846. The quantitative estimate of drug-likeness (QED) is 0.882. The molecule has 0 heterocycles. The lowest BCUT2D eigenvalue weighted by Gasteiger charge is -2.23. The number of nitrogens with one attached hydrogen (secondary N) is 1. The predicted octanol–water partition coefficient (Wildman–Crippen LogP) is 3.36. The van der Waals surface area contributed by atoms with Crippen molar-refractivity contribution in [3.8, 4) is 0 Å². The number of carbonyl (C=O) groups excluding carboxylic acids is 1. The van der Waals surface area contributed by atoms with E-state index in [2.05, 4.69) is 5.32 Å². The standard InChI is InChI=1S/C17H19ClN2O3S/c1-12-7-6-8-13(2)17(12)19-16(21)11-20(24(3,22)23)15-10-5-4-9-14(15)18/h4-10H,11H2,1-3H3,(H,19,21). The van der Waals surface area contributed by atoms with Gasteiger partial charge in [-0.15, -0.1) is 0 Å². The molecule has 2 rings (SSSR count). The number of aryl methyl sites for hydroxylation is 2. The van der Waals surface area contributed by atoms with Gasteiger partial charge < -0.3 is 5.32 Å². The third kappa shape index (κ3) is 4.27. The van der Waals surface area contributed by atoms with Gasteiger partial charge in [-0.05, 0) is 37.1 Å². The molecule has 0 unspecified atom stereocenters. The van der Waals surface area contributed by atoms with Crippen LogP contribution in [0.5, 0.6) is 0 Å². The highest BCUT2D eigenvalue weighted by Crippen LogP contribution is 2.27. The monoisotopic (exact) mass is 366 g/mol. The minimum atomic E-state index is -3.66. The lowest BCUT2D eigenvalue weighted by molar-refractivity contribution is -0.114. The highest BCUT2D eigenvalue weighted by molar-refractivity contribution is 7.92. The first-order valence-corrected chi connectivity index (χ1v) is 9.51. The van der Waals surface area contributed by atoms with Crippen LogP contribution in [0, 0.1) is 13.8 Å². The second-order valence-corrected chi connectivity index (χ2v) is 7.85. The smallest absolute Gasteiger partial charge is 0.245 e. The topological polar surface area (TPSA) is 66.5 Å². The maximum atomic E-state index is 12.4. The number of hydrogen-bond acceptors (Lipinski definition) is 3. The number of rotatable bonds is 5. The first kappa shape index (κ1) is 18.3. The van der Waals surface area contributed by atoms with Gasteiger partial charge >= 0.3 is 0 Å². The molecule has 1 amide bonds. The van der Waals surface area contributed by atoms with E-state index in [0.29, 0.717) is 5.69 Å². The molecule has 7 heteroatoms. The predicted molar refractivity (Wildman–Crippen MR) is 98.2 cm³/mol. The molecule has 0 aliphatic carbocycles. The van der Waals surface area contributed by atoms with Gasteiger partial charge in [-0.25, -0.2) is 8.42 Å². The van der Waals surface area contributed by atoms with Gasteiger partial charge in [0.1, 0.15) is 6.54 Å². The first-order chi connectivity index (χ1) is 11.2. The largest absolute Gasteiger partial charge is 0.324 e. The summed E-state index contributed by atoms with van der Waals surface area (Å²) in [5.74, 6) is -0.433. The van der Waals surface area contributed by atoms with E-state index < -0.39 is 15.9 Å². The molecular weight excluding hydrogens is 348 g/mol. The molecule has 0 atom stereocenters. The highest BCUT2D eigenvalue weighted by Gasteiger charge is 2.23. The lowest BCUT2D eigenvalue weighted by atomic mass is 10.1. The maximum Gasteiger partial charge on any atom is 0.245 e. The molecule has 0 saturated heterocycles. The maximum absolute atomic E-state index is 12.4. The Labute approximate surface area is 147 Å². The van der Waals surface area contributed by atoms with Crippen LogP contribution >= 0.6 is 11.6 Å². The fourth-order valence-electron chi connectivity index (χ4n) is 2.36. The van der Waals surface area contributed by atoms with Crippen molar-refractivity contribution in [2.75, 3.05) is 22.4 Å². The van der Waals surface area contributed by atoms with Crippen molar-refractivity contribution in [1.82, 2.24) is 0 Å². The average Bonchev–Trinajstić information content (AvgIpc) is 2.48. The van der Waals surface area contributed by atoms with E-state index in [-0.39, 0.29) is 17.3 Å². The van der Waals surface area contributed by atoms with Crippen molar-refractivity contribution in [3.63, 3.8) is 0 Å². The highest BCUT2D eigenvalue weighted by atomic mass is 35.5. The molecule has 2 aromatic carbocycles. The van der Waals surface area contributed by atoms with E-state index >= 15 is 0 Å². The first-order valence-electron chi connectivity index (χ1n) is 7.28. The van der Waals surface area contributed by atoms with Crippen molar-refractivity contribution in [2.45, 2.75) is 13.8 Å². The number of amides is 1. The zero-order valence-electron chi connectivity index (χ0n) is 13.7. The Kier molecular flexibility index (Phi) is 5.51. The van der Waals surface area contributed by atoms with Crippen molar-refractivity contribution in [1.29, 1.82) is 0 Å². The minimum Gasteiger partial charge on any atom is -0.324 e. The Morgan fingerprint density at radius 1 is 1.08 bits per heavy atom. The summed E-state index contributed by atoms with van der Waals surface area (Å²) < 4.78 is 25.2. The number of anilines is 2. The third-order valence-corrected chi connectivity index (χ3v) is 5.00. The lowest BCUT2D eigenvalue weighted by Crippen LogP contribution is -2.37. The fraction of sp³-hybridized carbons (Fsp3) is 0.235. The van der Waals surface area contributed by atoms with E-state index in [9.17, 15) is 13.2 Å². The fourth-order valence-corrected chi connectivity index (χ4v) is 3.51. The Balaban J connectivity index is 2.28. The Morgan fingerprint density at radius 2 is 1.67 bits per heavy atom. The molecule has 0 saturated carbocycles. The van der Waals surface area contributed by atoms with Crippen LogP contribution in [-0.4, -0.2) is 27.1 Å². The number of hydrogen-bond donors (Lipinski definition) is 1. The number of benzene rings is 2. The van der Waals surface area contributed by atoms with E-state index in [1.807, 2.05) is 32.0 Å². The van der Waals surface area contributed by atoms with E-state index in [0.717, 1.165) is 21.7 Å². The molecular formula is C17H19ClN2O3S. The number of para-hydroxylation sites is 2. The second kappa shape index (κ2) is 7.23. The molecule has 0 aliphatic rings. The molecule has 2 aromatic rings. The van der Waals surface area contributed by atoms with Gasteiger partial charge in [0.25, 0.3) is 0 Å². The molecule has 0 aromatic heterocycles. The number of carbonyl (C=O) groups is 1. The summed E-state index contributed by atoms with van der Waals surface area (Å²) in [7, 11) is -3.66.